The van der Waals surface area contributed by atoms with E-state index in [2.05, 4.69) is 20.5 Å². The molecule has 1 amide bonds. The van der Waals surface area contributed by atoms with E-state index in [4.69, 9.17) is 27.9 Å². The smallest absolute Gasteiger partial charge is 0.263 e. The van der Waals surface area contributed by atoms with E-state index in [1.165, 1.54) is 0 Å². The number of hydrogen-bond acceptors (Lipinski definition) is 4. The summed E-state index contributed by atoms with van der Waals surface area (Å²) in [5.74, 6) is 0.434. The molecule has 3 aromatic rings. The average Bonchev–Trinajstić information content (AvgIpc) is 2.88. The van der Waals surface area contributed by atoms with Gasteiger partial charge in [0.15, 0.2) is 18.1 Å². The van der Waals surface area contributed by atoms with Crippen LogP contribution in [-0.4, -0.2) is 27.7 Å². The number of ether oxygens (including phenoxy) is 1. The molecule has 0 aliphatic rings. The van der Waals surface area contributed by atoms with Gasteiger partial charge in [-0.15, -0.1) is 0 Å². The number of hydrogen-bond donors (Lipinski definition) is 2. The highest BCUT2D eigenvalue weighted by Gasteiger charge is 2.11. The van der Waals surface area contributed by atoms with Gasteiger partial charge in [0.05, 0.1) is 10.4 Å². The maximum Gasteiger partial charge on any atom is 0.263 e. The zero-order valence-corrected chi connectivity index (χ0v) is 13.6. The molecule has 0 atom stereocenters. The number of carbonyl (C=O) groups is 1. The van der Waals surface area contributed by atoms with Gasteiger partial charge in [0, 0.05) is 10.7 Å². The predicted octanol–water partition coefficient (Wildman–Crippen LogP) is 3.59. The van der Waals surface area contributed by atoms with Gasteiger partial charge in [-0.2, -0.15) is 5.10 Å². The van der Waals surface area contributed by atoms with Crippen molar-refractivity contribution in [3.8, 4) is 5.75 Å². The Labute approximate surface area is 141 Å². The third kappa shape index (κ3) is 3.55. The van der Waals surface area contributed by atoms with Crippen LogP contribution >= 0.6 is 23.2 Å². The van der Waals surface area contributed by atoms with Crippen molar-refractivity contribution in [3.63, 3.8) is 0 Å². The first-order valence-corrected chi connectivity index (χ1v) is 7.48. The molecular weight excluding hydrogens is 339 g/mol. The number of rotatable bonds is 4. The number of aryl methyl sites for hydroxylation is 1. The van der Waals surface area contributed by atoms with E-state index in [1.54, 1.807) is 18.2 Å². The molecule has 0 aliphatic heterocycles. The van der Waals surface area contributed by atoms with Crippen molar-refractivity contribution in [2.75, 3.05) is 11.9 Å². The summed E-state index contributed by atoms with van der Waals surface area (Å²) in [6.45, 7) is 1.68. The lowest BCUT2D eigenvalue weighted by Gasteiger charge is -2.08. The summed E-state index contributed by atoms with van der Waals surface area (Å²) in [4.78, 5) is 16.3. The van der Waals surface area contributed by atoms with Crippen LogP contribution in [0.25, 0.3) is 11.0 Å². The number of aromatic amines is 1. The van der Waals surface area contributed by atoms with Gasteiger partial charge in [0.25, 0.3) is 5.91 Å². The number of fused-ring (bicyclic) bond motifs is 1. The fourth-order valence-electron chi connectivity index (χ4n) is 2.00. The van der Waals surface area contributed by atoms with Crippen molar-refractivity contribution in [3.05, 3.63) is 46.1 Å². The molecule has 2 N–H and O–H groups in total. The molecule has 6 nitrogen and oxygen atoms in total. The van der Waals surface area contributed by atoms with Crippen LogP contribution in [0.15, 0.2) is 30.3 Å². The zero-order valence-electron chi connectivity index (χ0n) is 12.1. The second-order valence-electron chi connectivity index (χ2n) is 4.83. The van der Waals surface area contributed by atoms with E-state index < -0.39 is 0 Å². The first kappa shape index (κ1) is 15.6. The number of carbonyl (C=O) groups excluding carboxylic acids is 1. The lowest BCUT2D eigenvalue weighted by atomic mass is 10.3. The van der Waals surface area contributed by atoms with Crippen molar-refractivity contribution in [2.45, 2.75) is 6.92 Å². The Morgan fingerprint density at radius 2 is 2.13 bits per heavy atom. The van der Waals surface area contributed by atoms with Crippen molar-refractivity contribution in [1.82, 2.24) is 15.2 Å². The van der Waals surface area contributed by atoms with E-state index in [9.17, 15) is 4.79 Å². The molecule has 8 heteroatoms. The van der Waals surface area contributed by atoms with Crippen LogP contribution in [0.3, 0.4) is 0 Å². The van der Waals surface area contributed by atoms with E-state index >= 15 is 0 Å². The van der Waals surface area contributed by atoms with Gasteiger partial charge in [-0.25, -0.2) is 4.98 Å². The van der Waals surface area contributed by atoms with E-state index in [-0.39, 0.29) is 12.5 Å². The number of benzene rings is 1. The van der Waals surface area contributed by atoms with Crippen LogP contribution in [0.2, 0.25) is 10.0 Å². The number of aromatic nitrogens is 3. The first-order valence-electron chi connectivity index (χ1n) is 6.72. The van der Waals surface area contributed by atoms with Gasteiger partial charge in [-0.3, -0.25) is 9.89 Å². The Hall–Kier alpha value is -2.31. The van der Waals surface area contributed by atoms with Crippen molar-refractivity contribution in [2.24, 2.45) is 0 Å². The third-order valence-corrected chi connectivity index (χ3v) is 3.60. The molecule has 0 aliphatic carbocycles. The summed E-state index contributed by atoms with van der Waals surface area (Å²) in [5.41, 5.74) is 1.47. The first-order chi connectivity index (χ1) is 11.0. The minimum absolute atomic E-state index is 0.199. The highest BCUT2D eigenvalue weighted by atomic mass is 35.5. The minimum atomic E-state index is -0.356. The number of H-pyrrole nitrogens is 1. The molecule has 0 saturated carbocycles. The van der Waals surface area contributed by atoms with Gasteiger partial charge in [0.2, 0.25) is 0 Å². The fraction of sp³-hybridized carbons (Fsp3) is 0.133. The van der Waals surface area contributed by atoms with Gasteiger partial charge < -0.3 is 10.1 Å². The van der Waals surface area contributed by atoms with E-state index in [1.807, 2.05) is 19.1 Å². The van der Waals surface area contributed by atoms with E-state index in [0.29, 0.717) is 27.3 Å². The SMILES string of the molecule is Cc1ccc2c(NC(=O)COc3ccc(Cl)cc3Cl)n[nH]c2n1. The highest BCUT2D eigenvalue weighted by molar-refractivity contribution is 6.35. The molecule has 2 aromatic heterocycles. The van der Waals surface area contributed by atoms with Crippen LogP contribution in [0, 0.1) is 6.92 Å². The molecule has 0 saturated heterocycles. The second-order valence-corrected chi connectivity index (χ2v) is 5.68. The number of pyridine rings is 1. The Bertz CT molecular complexity index is 879. The zero-order chi connectivity index (χ0) is 16.4. The maximum atomic E-state index is 12.0. The molecule has 2 heterocycles. The molecule has 3 rings (SSSR count). The minimum Gasteiger partial charge on any atom is -0.482 e. The quantitative estimate of drug-likeness (QED) is 0.753. The lowest BCUT2D eigenvalue weighted by Crippen LogP contribution is -2.20. The van der Waals surface area contributed by atoms with Crippen LogP contribution in [0.5, 0.6) is 5.75 Å². The summed E-state index contributed by atoms with van der Waals surface area (Å²) < 4.78 is 5.38. The van der Waals surface area contributed by atoms with Crippen molar-refractivity contribution >= 4 is 46.0 Å². The number of halogens is 2. The van der Waals surface area contributed by atoms with Gasteiger partial charge in [-0.05, 0) is 37.3 Å². The van der Waals surface area contributed by atoms with Crippen LogP contribution in [0.4, 0.5) is 5.82 Å². The van der Waals surface area contributed by atoms with Crippen LogP contribution in [-0.2, 0) is 4.79 Å². The molecule has 118 valence electrons. The monoisotopic (exact) mass is 350 g/mol. The summed E-state index contributed by atoms with van der Waals surface area (Å²) in [6, 6.07) is 8.47. The maximum absolute atomic E-state index is 12.0. The van der Waals surface area contributed by atoms with Gasteiger partial charge in [0.1, 0.15) is 5.75 Å². The van der Waals surface area contributed by atoms with Crippen LogP contribution in [0.1, 0.15) is 5.69 Å². The largest absolute Gasteiger partial charge is 0.482 e. The van der Waals surface area contributed by atoms with Gasteiger partial charge in [-0.1, -0.05) is 23.2 Å². The Morgan fingerprint density at radius 3 is 2.91 bits per heavy atom. The molecule has 0 radical (unpaired) electrons. The van der Waals surface area contributed by atoms with Crippen molar-refractivity contribution < 1.29 is 9.53 Å². The number of amides is 1. The molecule has 0 spiro atoms. The number of nitrogens with zero attached hydrogens (tertiary/aromatic N) is 2. The van der Waals surface area contributed by atoms with Crippen molar-refractivity contribution in [1.29, 1.82) is 0 Å². The molecular formula is C15H12Cl2N4O2. The normalized spacial score (nSPS) is 10.7. The molecule has 1 aromatic carbocycles. The summed E-state index contributed by atoms with van der Waals surface area (Å²) in [7, 11) is 0. The highest BCUT2D eigenvalue weighted by Crippen LogP contribution is 2.27. The lowest BCUT2D eigenvalue weighted by molar-refractivity contribution is -0.118. The standard InChI is InChI=1S/C15H12Cl2N4O2/c1-8-2-4-10-14(18-8)20-21-15(10)19-13(22)7-23-12-5-3-9(16)6-11(12)17/h2-6H,7H2,1H3,(H2,18,19,20,21,22). The second kappa shape index (κ2) is 6.44. The molecule has 0 fully saturated rings. The number of nitrogens with one attached hydrogen (secondary N) is 2. The van der Waals surface area contributed by atoms with E-state index in [0.717, 1.165) is 11.1 Å². The Balaban J connectivity index is 1.66. The summed E-state index contributed by atoms with van der Waals surface area (Å²) in [5, 5.41) is 11.1. The van der Waals surface area contributed by atoms with Crippen LogP contribution < -0.4 is 10.1 Å². The molecule has 0 unspecified atom stereocenters. The summed E-state index contributed by atoms with van der Waals surface area (Å²) in [6.07, 6.45) is 0. The van der Waals surface area contributed by atoms with Gasteiger partial charge >= 0.3 is 0 Å². The predicted molar refractivity (Wildman–Crippen MR) is 89.2 cm³/mol. The molecule has 23 heavy (non-hydrogen) atoms. The third-order valence-electron chi connectivity index (χ3n) is 3.07. The molecule has 0 bridgehead atoms. The average molecular weight is 351 g/mol. The fourth-order valence-corrected chi connectivity index (χ4v) is 2.46. The number of anilines is 1. The topological polar surface area (TPSA) is 79.9 Å². The Kier molecular flexibility index (Phi) is 4.36. The Morgan fingerprint density at radius 1 is 1.30 bits per heavy atom. The summed E-state index contributed by atoms with van der Waals surface area (Å²) >= 11 is 11.8.